The predicted molar refractivity (Wildman–Crippen MR) is 35.1 cm³/mol. The van der Waals surface area contributed by atoms with E-state index in [1.165, 1.54) is 4.90 Å². The van der Waals surface area contributed by atoms with Gasteiger partial charge in [-0.25, -0.2) is 4.39 Å². The van der Waals surface area contributed by atoms with E-state index < -0.39 is 12.2 Å². The van der Waals surface area contributed by atoms with Gasteiger partial charge in [0.2, 0.25) is 5.91 Å². The van der Waals surface area contributed by atoms with Crippen molar-refractivity contribution in [3.63, 3.8) is 0 Å². The first-order valence-electron chi connectivity index (χ1n) is 3.25. The maximum atomic E-state index is 12.7. The molecule has 0 aromatic heterocycles. The van der Waals surface area contributed by atoms with Crippen LogP contribution in [0.4, 0.5) is 4.39 Å². The summed E-state index contributed by atoms with van der Waals surface area (Å²) in [7, 11) is 1.58. The summed E-state index contributed by atoms with van der Waals surface area (Å²) in [5, 5.41) is 0. The second-order valence-electron chi connectivity index (χ2n) is 2.66. The van der Waals surface area contributed by atoms with Crippen LogP contribution < -0.4 is 5.73 Å². The Balaban J connectivity index is 2.54. The second kappa shape index (κ2) is 2.54. The zero-order chi connectivity index (χ0) is 7.72. The highest BCUT2D eigenvalue weighted by Gasteiger charge is 2.29. The fourth-order valence-corrected chi connectivity index (χ4v) is 0.984. The minimum Gasteiger partial charge on any atom is -0.343 e. The molecule has 1 fully saturated rings. The molecule has 0 aliphatic carbocycles. The average molecular weight is 146 g/mol. The lowest BCUT2D eigenvalue weighted by molar-refractivity contribution is -0.134. The van der Waals surface area contributed by atoms with Gasteiger partial charge in [0.1, 0.15) is 6.17 Å². The van der Waals surface area contributed by atoms with Gasteiger partial charge >= 0.3 is 0 Å². The van der Waals surface area contributed by atoms with Gasteiger partial charge in [-0.15, -0.1) is 0 Å². The third-order valence-corrected chi connectivity index (χ3v) is 1.75. The van der Waals surface area contributed by atoms with E-state index in [0.717, 1.165) is 0 Å². The highest BCUT2D eigenvalue weighted by atomic mass is 19.1. The molecule has 1 saturated heterocycles. The summed E-state index contributed by atoms with van der Waals surface area (Å²) in [6, 6.07) is -0.594. The van der Waals surface area contributed by atoms with E-state index >= 15 is 0 Å². The maximum absolute atomic E-state index is 12.7. The Labute approximate surface area is 59.0 Å². The number of carbonyl (C=O) groups is 1. The first-order chi connectivity index (χ1) is 4.61. The molecule has 58 valence electrons. The average Bonchev–Trinajstić information content (AvgIpc) is 1.84. The molecule has 0 aromatic rings. The van der Waals surface area contributed by atoms with Crippen LogP contribution in [0.1, 0.15) is 6.42 Å². The summed E-state index contributed by atoms with van der Waals surface area (Å²) in [6.07, 6.45) is -0.916. The molecule has 1 amide bonds. The second-order valence-corrected chi connectivity index (χ2v) is 2.66. The van der Waals surface area contributed by atoms with Crippen LogP contribution in [-0.2, 0) is 4.79 Å². The molecular weight excluding hydrogens is 135 g/mol. The van der Waals surface area contributed by atoms with Crippen LogP contribution in [0.3, 0.4) is 0 Å². The van der Waals surface area contributed by atoms with Gasteiger partial charge in [-0.05, 0) is 0 Å². The molecule has 1 rings (SSSR count). The molecule has 0 aromatic carbocycles. The van der Waals surface area contributed by atoms with Crippen LogP contribution >= 0.6 is 0 Å². The minimum atomic E-state index is -1.05. The van der Waals surface area contributed by atoms with Crippen molar-refractivity contribution in [2.45, 2.75) is 18.6 Å². The van der Waals surface area contributed by atoms with Crippen molar-refractivity contribution in [1.82, 2.24) is 4.90 Å². The Kier molecular flexibility index (Phi) is 1.89. The zero-order valence-electron chi connectivity index (χ0n) is 5.88. The molecule has 1 heterocycles. The third-order valence-electron chi connectivity index (χ3n) is 1.75. The number of rotatable bonds is 0. The number of likely N-dealkylation sites (tertiary alicyclic amines) is 1. The number of nitrogens with zero attached hydrogens (tertiary/aromatic N) is 1. The van der Waals surface area contributed by atoms with E-state index in [-0.39, 0.29) is 18.9 Å². The largest absolute Gasteiger partial charge is 0.343 e. The monoisotopic (exact) mass is 146 g/mol. The van der Waals surface area contributed by atoms with E-state index in [9.17, 15) is 9.18 Å². The fraction of sp³-hybridized carbons (Fsp3) is 0.833. The Morgan fingerprint density at radius 3 is 2.90 bits per heavy atom. The van der Waals surface area contributed by atoms with Crippen LogP contribution in [0.2, 0.25) is 0 Å². The van der Waals surface area contributed by atoms with Gasteiger partial charge in [0.05, 0.1) is 6.54 Å². The van der Waals surface area contributed by atoms with E-state index in [2.05, 4.69) is 0 Å². The number of piperidine rings is 1. The van der Waals surface area contributed by atoms with Gasteiger partial charge in [0.15, 0.2) is 0 Å². The molecule has 1 aliphatic heterocycles. The zero-order valence-corrected chi connectivity index (χ0v) is 5.88. The molecule has 4 heteroatoms. The van der Waals surface area contributed by atoms with Crippen molar-refractivity contribution in [2.75, 3.05) is 13.6 Å². The van der Waals surface area contributed by atoms with Gasteiger partial charge in [-0.2, -0.15) is 0 Å². The summed E-state index contributed by atoms with van der Waals surface area (Å²) in [5.74, 6) is -0.0681. The molecule has 0 saturated carbocycles. The van der Waals surface area contributed by atoms with Crippen molar-refractivity contribution >= 4 is 5.91 Å². The Hall–Kier alpha value is -0.640. The van der Waals surface area contributed by atoms with Crippen molar-refractivity contribution in [3.8, 4) is 0 Å². The maximum Gasteiger partial charge on any atom is 0.224 e. The number of alkyl halides is 1. The molecule has 2 atom stereocenters. The van der Waals surface area contributed by atoms with Gasteiger partial charge in [-0.3, -0.25) is 4.79 Å². The molecule has 10 heavy (non-hydrogen) atoms. The van der Waals surface area contributed by atoms with Crippen LogP contribution in [0.5, 0.6) is 0 Å². The first-order valence-corrected chi connectivity index (χ1v) is 3.25. The number of halogens is 1. The summed E-state index contributed by atoms with van der Waals surface area (Å²) >= 11 is 0. The smallest absolute Gasteiger partial charge is 0.224 e. The van der Waals surface area contributed by atoms with Crippen LogP contribution in [0.25, 0.3) is 0 Å². The summed E-state index contributed by atoms with van der Waals surface area (Å²) in [5.41, 5.74) is 5.31. The van der Waals surface area contributed by atoms with Gasteiger partial charge in [0, 0.05) is 19.5 Å². The number of carbonyl (C=O) groups excluding carboxylic acids is 1. The van der Waals surface area contributed by atoms with Crippen molar-refractivity contribution in [3.05, 3.63) is 0 Å². The van der Waals surface area contributed by atoms with Crippen molar-refractivity contribution < 1.29 is 9.18 Å². The van der Waals surface area contributed by atoms with Crippen molar-refractivity contribution in [1.29, 1.82) is 0 Å². The Bertz CT molecular complexity index is 151. The van der Waals surface area contributed by atoms with Gasteiger partial charge in [-0.1, -0.05) is 0 Å². The topological polar surface area (TPSA) is 46.3 Å². The molecule has 2 N–H and O–H groups in total. The van der Waals surface area contributed by atoms with E-state index in [4.69, 9.17) is 5.73 Å². The van der Waals surface area contributed by atoms with E-state index in [1.54, 1.807) is 7.05 Å². The standard InChI is InChI=1S/C6H11FN2O/c1-9-3-4(7)5(8)2-6(9)10/h4-5H,2-3,8H2,1H3/t4-,5+/m0/s1. The highest BCUT2D eigenvalue weighted by molar-refractivity contribution is 5.77. The lowest BCUT2D eigenvalue weighted by atomic mass is 10.0. The molecule has 0 radical (unpaired) electrons. The Morgan fingerprint density at radius 2 is 2.40 bits per heavy atom. The molecule has 0 bridgehead atoms. The van der Waals surface area contributed by atoms with Gasteiger partial charge < -0.3 is 10.6 Å². The number of nitrogens with two attached hydrogens (primary N) is 1. The molecule has 3 nitrogen and oxygen atoms in total. The summed E-state index contributed by atoms with van der Waals surface area (Å²) in [6.45, 7) is 0.139. The highest BCUT2D eigenvalue weighted by Crippen LogP contribution is 2.11. The summed E-state index contributed by atoms with van der Waals surface area (Å²) in [4.78, 5) is 12.2. The van der Waals surface area contributed by atoms with Crippen molar-refractivity contribution in [2.24, 2.45) is 5.73 Å². The number of amides is 1. The Morgan fingerprint density at radius 1 is 1.80 bits per heavy atom. The first kappa shape index (κ1) is 7.47. The minimum absolute atomic E-state index is 0.0681. The van der Waals surface area contributed by atoms with Crippen LogP contribution in [-0.4, -0.2) is 36.6 Å². The molecule has 1 aliphatic rings. The molecular formula is C6H11FN2O. The van der Waals surface area contributed by atoms with Crippen LogP contribution in [0, 0.1) is 0 Å². The van der Waals surface area contributed by atoms with Crippen LogP contribution in [0.15, 0.2) is 0 Å². The normalized spacial score (nSPS) is 34.7. The molecule has 0 unspecified atom stereocenters. The molecule has 0 spiro atoms. The number of hydrogen-bond acceptors (Lipinski definition) is 2. The number of hydrogen-bond donors (Lipinski definition) is 1. The van der Waals surface area contributed by atoms with E-state index in [0.29, 0.717) is 0 Å². The quantitative estimate of drug-likeness (QED) is 0.501. The SMILES string of the molecule is CN1C[C@H](F)[C@H](N)CC1=O. The summed E-state index contributed by atoms with van der Waals surface area (Å²) < 4.78 is 12.7. The lowest BCUT2D eigenvalue weighted by Gasteiger charge is -2.29. The van der Waals surface area contributed by atoms with E-state index in [1.807, 2.05) is 0 Å². The third kappa shape index (κ3) is 1.26. The predicted octanol–water partition coefficient (Wildman–Crippen LogP) is -0.486. The lowest BCUT2D eigenvalue weighted by Crippen LogP contribution is -2.49. The fourth-order valence-electron chi connectivity index (χ4n) is 0.984. The van der Waals surface area contributed by atoms with Gasteiger partial charge in [0.25, 0.3) is 0 Å².